The van der Waals surface area contributed by atoms with Gasteiger partial charge in [-0.15, -0.1) is 11.3 Å². The van der Waals surface area contributed by atoms with E-state index in [2.05, 4.69) is 21.7 Å². The van der Waals surface area contributed by atoms with Gasteiger partial charge < -0.3 is 10.6 Å². The van der Waals surface area contributed by atoms with Gasteiger partial charge in [-0.2, -0.15) is 0 Å². The van der Waals surface area contributed by atoms with Gasteiger partial charge in [-0.1, -0.05) is 42.5 Å². The zero-order chi connectivity index (χ0) is 19.3. The topological polar surface area (TPSA) is 54.0 Å². The second kappa shape index (κ2) is 8.29. The second-order valence-electron chi connectivity index (χ2n) is 6.23. The fourth-order valence-electron chi connectivity index (χ4n) is 2.81. The zero-order valence-corrected chi connectivity index (χ0v) is 16.5. The predicted molar refractivity (Wildman–Crippen MR) is 120 cm³/mol. The van der Waals surface area contributed by atoms with Crippen LogP contribution in [0.5, 0.6) is 0 Å². The first-order chi connectivity index (χ1) is 13.7. The third kappa shape index (κ3) is 4.42. The largest absolute Gasteiger partial charge is 0.332 e. The molecule has 1 amide bonds. The van der Waals surface area contributed by atoms with Gasteiger partial charge in [0.05, 0.1) is 16.6 Å². The number of carbonyl (C=O) groups excluding carboxylic acids is 1. The molecule has 0 aliphatic heterocycles. The van der Waals surface area contributed by atoms with Crippen molar-refractivity contribution in [3.63, 3.8) is 0 Å². The van der Waals surface area contributed by atoms with E-state index in [1.807, 2.05) is 72.8 Å². The lowest BCUT2D eigenvalue weighted by atomic mass is 10.1. The normalized spacial score (nSPS) is 10.6. The number of thiocarbonyl (C=S) groups is 1. The summed E-state index contributed by atoms with van der Waals surface area (Å²) in [6, 6.07) is 25.5. The standard InChI is InChI=1S/C22H17N3OS2/c26-20(14-15-6-2-1-3-7-15)25-22(27)23-17-12-10-16(11-13-17)21-24-18-8-4-5-9-19(18)28-21/h1-13H,14H2,(H2,23,25,26,27). The molecule has 1 heterocycles. The number of nitrogens with one attached hydrogen (secondary N) is 2. The van der Waals surface area contributed by atoms with Gasteiger partial charge in [0, 0.05) is 11.3 Å². The summed E-state index contributed by atoms with van der Waals surface area (Å²) in [6.07, 6.45) is 0.291. The highest BCUT2D eigenvalue weighted by Gasteiger charge is 2.08. The third-order valence-corrected chi connectivity index (χ3v) is 5.43. The molecule has 1 aromatic heterocycles. The summed E-state index contributed by atoms with van der Waals surface area (Å²) in [5.74, 6) is -0.144. The Hall–Kier alpha value is -3.09. The van der Waals surface area contributed by atoms with Crippen LogP contribution >= 0.6 is 23.6 Å². The highest BCUT2D eigenvalue weighted by Crippen LogP contribution is 2.30. The van der Waals surface area contributed by atoms with Crippen LogP contribution in [0.4, 0.5) is 5.69 Å². The molecule has 3 aromatic carbocycles. The van der Waals surface area contributed by atoms with Crippen LogP contribution < -0.4 is 10.6 Å². The minimum Gasteiger partial charge on any atom is -0.332 e. The molecule has 6 heteroatoms. The summed E-state index contributed by atoms with van der Waals surface area (Å²) >= 11 is 6.91. The van der Waals surface area contributed by atoms with Gasteiger partial charge in [0.25, 0.3) is 0 Å². The van der Waals surface area contributed by atoms with E-state index in [-0.39, 0.29) is 11.0 Å². The average Bonchev–Trinajstić information content (AvgIpc) is 3.13. The van der Waals surface area contributed by atoms with Gasteiger partial charge in [0.2, 0.25) is 5.91 Å². The van der Waals surface area contributed by atoms with Crippen LogP contribution in [0.15, 0.2) is 78.9 Å². The molecule has 0 bridgehead atoms. The number of hydrogen-bond donors (Lipinski definition) is 2. The van der Waals surface area contributed by atoms with Gasteiger partial charge in [-0.3, -0.25) is 4.79 Å². The summed E-state index contributed by atoms with van der Waals surface area (Å²) in [5, 5.41) is 7.02. The summed E-state index contributed by atoms with van der Waals surface area (Å²) in [4.78, 5) is 16.8. The Labute approximate surface area is 172 Å². The average molecular weight is 404 g/mol. The van der Waals surface area contributed by atoms with Gasteiger partial charge in [0.15, 0.2) is 5.11 Å². The monoisotopic (exact) mass is 403 g/mol. The van der Waals surface area contributed by atoms with E-state index in [1.165, 1.54) is 4.70 Å². The molecule has 0 aliphatic rings. The number of carbonyl (C=O) groups is 1. The number of aromatic nitrogens is 1. The Morgan fingerprint density at radius 1 is 0.929 bits per heavy atom. The molecular formula is C22H17N3OS2. The number of para-hydroxylation sites is 1. The number of hydrogen-bond acceptors (Lipinski definition) is 4. The highest BCUT2D eigenvalue weighted by atomic mass is 32.1. The van der Waals surface area contributed by atoms with Crippen LogP contribution in [-0.4, -0.2) is 16.0 Å². The SMILES string of the molecule is O=C(Cc1ccccc1)NC(=S)Nc1ccc(-c2nc3ccccc3s2)cc1. The van der Waals surface area contributed by atoms with Crippen LogP contribution in [0.3, 0.4) is 0 Å². The number of nitrogens with zero attached hydrogens (tertiary/aromatic N) is 1. The Bertz CT molecular complexity index is 1090. The lowest BCUT2D eigenvalue weighted by Gasteiger charge is -2.10. The van der Waals surface area contributed by atoms with Gasteiger partial charge in [0.1, 0.15) is 5.01 Å². The van der Waals surface area contributed by atoms with Crippen LogP contribution in [0.2, 0.25) is 0 Å². The van der Waals surface area contributed by atoms with Gasteiger partial charge in [-0.05, 0) is 54.2 Å². The van der Waals surface area contributed by atoms with E-state index in [0.29, 0.717) is 6.42 Å². The molecule has 4 rings (SSSR count). The van der Waals surface area contributed by atoms with Gasteiger partial charge >= 0.3 is 0 Å². The van der Waals surface area contributed by atoms with Crippen LogP contribution in [0.1, 0.15) is 5.56 Å². The van der Waals surface area contributed by atoms with Crippen molar-refractivity contribution in [2.75, 3.05) is 5.32 Å². The Morgan fingerprint density at radius 2 is 1.64 bits per heavy atom. The van der Waals surface area contributed by atoms with Gasteiger partial charge in [-0.25, -0.2) is 4.98 Å². The summed E-state index contributed by atoms with van der Waals surface area (Å²) in [7, 11) is 0. The van der Waals surface area contributed by atoms with Crippen molar-refractivity contribution in [1.29, 1.82) is 0 Å². The van der Waals surface area contributed by atoms with Crippen LogP contribution in [0.25, 0.3) is 20.8 Å². The lowest BCUT2D eigenvalue weighted by molar-refractivity contribution is -0.119. The van der Waals surface area contributed by atoms with E-state index < -0.39 is 0 Å². The van der Waals surface area contributed by atoms with Crippen molar-refractivity contribution in [3.8, 4) is 10.6 Å². The molecule has 0 spiro atoms. The highest BCUT2D eigenvalue weighted by molar-refractivity contribution is 7.80. The van der Waals surface area contributed by atoms with Crippen LogP contribution in [-0.2, 0) is 11.2 Å². The lowest BCUT2D eigenvalue weighted by Crippen LogP contribution is -2.35. The van der Waals surface area contributed by atoms with E-state index in [9.17, 15) is 4.79 Å². The molecule has 0 saturated carbocycles. The zero-order valence-electron chi connectivity index (χ0n) is 14.9. The Balaban J connectivity index is 1.37. The van der Waals surface area contributed by atoms with E-state index in [0.717, 1.165) is 27.3 Å². The maximum Gasteiger partial charge on any atom is 0.230 e. The molecule has 4 nitrogen and oxygen atoms in total. The number of benzene rings is 3. The quantitative estimate of drug-likeness (QED) is 0.470. The number of amides is 1. The van der Waals surface area contributed by atoms with Crippen molar-refractivity contribution in [3.05, 3.63) is 84.4 Å². The third-order valence-electron chi connectivity index (χ3n) is 4.14. The van der Waals surface area contributed by atoms with E-state index in [1.54, 1.807) is 11.3 Å². The summed E-state index contributed by atoms with van der Waals surface area (Å²) in [5.41, 5.74) is 3.82. The van der Waals surface area contributed by atoms with Crippen molar-refractivity contribution < 1.29 is 4.79 Å². The minimum atomic E-state index is -0.144. The van der Waals surface area contributed by atoms with Crippen molar-refractivity contribution in [2.45, 2.75) is 6.42 Å². The molecule has 0 saturated heterocycles. The fraction of sp³-hybridized carbons (Fsp3) is 0.0455. The first kappa shape index (κ1) is 18.3. The molecule has 2 N–H and O–H groups in total. The van der Waals surface area contributed by atoms with E-state index in [4.69, 9.17) is 12.2 Å². The first-order valence-electron chi connectivity index (χ1n) is 8.78. The van der Waals surface area contributed by atoms with Crippen molar-refractivity contribution in [2.24, 2.45) is 0 Å². The molecule has 4 aromatic rings. The number of thiazole rings is 1. The first-order valence-corrected chi connectivity index (χ1v) is 10.0. The molecule has 0 atom stereocenters. The molecule has 0 fully saturated rings. The fourth-order valence-corrected chi connectivity index (χ4v) is 4.01. The molecule has 0 unspecified atom stereocenters. The number of anilines is 1. The second-order valence-corrected chi connectivity index (χ2v) is 7.67. The molecule has 0 aliphatic carbocycles. The van der Waals surface area contributed by atoms with Crippen molar-refractivity contribution in [1.82, 2.24) is 10.3 Å². The minimum absolute atomic E-state index is 0.144. The molecule has 0 radical (unpaired) electrons. The maximum atomic E-state index is 12.1. The molecule has 28 heavy (non-hydrogen) atoms. The predicted octanol–water partition coefficient (Wildman–Crippen LogP) is 5.02. The smallest absolute Gasteiger partial charge is 0.230 e. The van der Waals surface area contributed by atoms with Crippen LogP contribution in [0, 0.1) is 0 Å². The van der Waals surface area contributed by atoms with Crippen molar-refractivity contribution >= 4 is 50.5 Å². The maximum absolute atomic E-state index is 12.1. The molecule has 138 valence electrons. The molecular weight excluding hydrogens is 386 g/mol. The summed E-state index contributed by atoms with van der Waals surface area (Å²) in [6.45, 7) is 0. The number of rotatable bonds is 4. The Kier molecular flexibility index (Phi) is 5.41. The number of fused-ring (bicyclic) bond motifs is 1. The van der Waals surface area contributed by atoms with E-state index >= 15 is 0 Å². The Morgan fingerprint density at radius 3 is 2.39 bits per heavy atom. The summed E-state index contributed by atoms with van der Waals surface area (Å²) < 4.78 is 1.17.